The topological polar surface area (TPSA) is 57.5 Å². The smallest absolute Gasteiger partial charge is 0.450 e. The monoisotopic (exact) mass is 168 g/mol. The Hall–Kier alpha value is 0.802. The van der Waals surface area contributed by atoms with E-state index in [1.807, 2.05) is 0 Å². The molecule has 0 saturated carbocycles. The zero-order valence-electron chi connectivity index (χ0n) is 6.63. The molecular weight excluding hydrogens is 157 g/mol. The summed E-state index contributed by atoms with van der Waals surface area (Å²) in [6.45, 7) is 10.0. The molecule has 0 amide bonds. The first-order valence-electron chi connectivity index (χ1n) is 2.07. The summed E-state index contributed by atoms with van der Waals surface area (Å²) in [5.41, 5.74) is 0. The minimum absolute atomic E-state index is 0. The van der Waals surface area contributed by atoms with Crippen molar-refractivity contribution < 1.29 is 15.0 Å². The molecular formula is C5H12Mg2O3+2. The first kappa shape index (κ1) is 30.8. The third-order valence-corrected chi connectivity index (χ3v) is 0. The Morgan fingerprint density at radius 3 is 1.00 bits per heavy atom. The average Bonchev–Trinajstić information content (AvgIpc) is 1.75. The Balaban J connectivity index is -0.0000000125. The van der Waals surface area contributed by atoms with Gasteiger partial charge in [0, 0.05) is 0 Å². The average molecular weight is 169 g/mol. The maximum atomic E-state index is 8.56. The molecule has 0 aromatic rings. The molecule has 0 spiro atoms. The van der Waals surface area contributed by atoms with E-state index in [-0.39, 0.29) is 46.1 Å². The summed E-state index contributed by atoms with van der Waals surface area (Å²) in [6.07, 6.45) is -1.83. The summed E-state index contributed by atoms with van der Waals surface area (Å²) in [4.78, 5) is 8.56. The minimum atomic E-state index is -1.83. The molecule has 0 rings (SSSR count). The summed E-state index contributed by atoms with van der Waals surface area (Å²) in [5.74, 6) is 0. The number of rotatable bonds is 0. The van der Waals surface area contributed by atoms with Crippen molar-refractivity contribution in [3.63, 3.8) is 0 Å². The van der Waals surface area contributed by atoms with E-state index in [0.717, 1.165) is 0 Å². The van der Waals surface area contributed by atoms with Crippen LogP contribution in [0.5, 0.6) is 0 Å². The second-order valence-corrected chi connectivity index (χ2v) is 0.283. The quantitative estimate of drug-likeness (QED) is 0.422. The molecule has 0 aromatic heterocycles. The number of hydrogen-bond acceptors (Lipinski definition) is 1. The molecule has 0 saturated heterocycles. The third-order valence-electron chi connectivity index (χ3n) is 0. The van der Waals surface area contributed by atoms with Gasteiger partial charge in [0.15, 0.2) is 0 Å². The van der Waals surface area contributed by atoms with Crippen molar-refractivity contribution in [3.8, 4) is 0 Å². The second kappa shape index (κ2) is 52.5. The van der Waals surface area contributed by atoms with Crippen LogP contribution in [0.3, 0.4) is 0 Å². The van der Waals surface area contributed by atoms with Gasteiger partial charge >= 0.3 is 52.3 Å². The molecule has 0 aliphatic heterocycles. The van der Waals surface area contributed by atoms with E-state index in [1.54, 1.807) is 13.8 Å². The van der Waals surface area contributed by atoms with E-state index < -0.39 is 6.16 Å². The molecule has 0 heterocycles. The van der Waals surface area contributed by atoms with Crippen molar-refractivity contribution in [2.75, 3.05) is 0 Å². The van der Waals surface area contributed by atoms with E-state index >= 15 is 0 Å². The third kappa shape index (κ3) is 832. The van der Waals surface area contributed by atoms with Gasteiger partial charge in [-0.05, 0) is 0 Å². The van der Waals surface area contributed by atoms with E-state index in [0.29, 0.717) is 0 Å². The Bertz CT molecular complexity index is 37.9. The standard InChI is InChI=1S/2C2H5.CH2O3.2Mg/c2*1-2;2-1(3)4;;/h2*1H2,2H3;(H2,2,3,4);;/q2*-1;;2*+2. The van der Waals surface area contributed by atoms with Crippen LogP contribution in [0.15, 0.2) is 0 Å². The molecule has 0 bridgehead atoms. The summed E-state index contributed by atoms with van der Waals surface area (Å²) in [6, 6.07) is 0. The maximum absolute atomic E-state index is 8.56. The molecule has 0 fully saturated rings. The molecule has 0 atom stereocenters. The Morgan fingerprint density at radius 2 is 1.00 bits per heavy atom. The van der Waals surface area contributed by atoms with E-state index in [4.69, 9.17) is 15.0 Å². The van der Waals surface area contributed by atoms with Crippen LogP contribution < -0.4 is 0 Å². The van der Waals surface area contributed by atoms with Gasteiger partial charge in [-0.2, -0.15) is 13.8 Å². The molecule has 2 N–H and O–H groups in total. The van der Waals surface area contributed by atoms with Crippen molar-refractivity contribution in [3.05, 3.63) is 13.8 Å². The van der Waals surface area contributed by atoms with Gasteiger partial charge in [-0.15, -0.1) is 0 Å². The molecule has 0 radical (unpaired) electrons. The van der Waals surface area contributed by atoms with Crippen LogP contribution >= 0.6 is 0 Å². The largest absolute Gasteiger partial charge is 2.00 e. The Morgan fingerprint density at radius 1 is 1.00 bits per heavy atom. The zero-order valence-corrected chi connectivity index (χ0v) is 9.46. The van der Waals surface area contributed by atoms with Crippen LogP contribution in [0.25, 0.3) is 0 Å². The fourth-order valence-electron chi connectivity index (χ4n) is 0. The molecule has 3 nitrogen and oxygen atoms in total. The molecule has 10 heavy (non-hydrogen) atoms. The predicted octanol–water partition coefficient (Wildman–Crippen LogP) is 1.14. The SMILES string of the molecule is O=C(O)O.[CH2-]C.[CH2-]C.[Mg+2].[Mg+2]. The fourth-order valence-corrected chi connectivity index (χ4v) is 0. The first-order chi connectivity index (χ1) is 3.73. The molecule has 5 heteroatoms. The molecule has 0 unspecified atom stereocenters. The van der Waals surface area contributed by atoms with E-state index in [9.17, 15) is 0 Å². The van der Waals surface area contributed by atoms with Crippen LogP contribution in [0, 0.1) is 13.8 Å². The summed E-state index contributed by atoms with van der Waals surface area (Å²) < 4.78 is 0. The summed E-state index contributed by atoms with van der Waals surface area (Å²) in [5, 5.41) is 13.9. The van der Waals surface area contributed by atoms with Gasteiger partial charge in [-0.3, -0.25) is 0 Å². The van der Waals surface area contributed by atoms with Gasteiger partial charge in [0.1, 0.15) is 0 Å². The first-order valence-corrected chi connectivity index (χ1v) is 2.07. The maximum Gasteiger partial charge on any atom is 2.00 e. The normalized spacial score (nSPS) is 3.60. The zero-order chi connectivity index (χ0) is 7.58. The van der Waals surface area contributed by atoms with Gasteiger partial charge in [-0.25, -0.2) is 4.79 Å². The fraction of sp³-hybridized carbons (Fsp3) is 0.400. The van der Waals surface area contributed by atoms with Crippen molar-refractivity contribution in [1.29, 1.82) is 0 Å². The Labute approximate surface area is 94.5 Å². The molecule has 0 aromatic carbocycles. The number of hydrogen-bond donors (Lipinski definition) is 2. The number of carboxylic acid groups (broad SMARTS) is 2. The second-order valence-electron chi connectivity index (χ2n) is 0.283. The van der Waals surface area contributed by atoms with Crippen molar-refractivity contribution in [1.82, 2.24) is 0 Å². The van der Waals surface area contributed by atoms with Crippen LogP contribution in [0.1, 0.15) is 13.8 Å². The predicted molar refractivity (Wildman–Crippen MR) is 44.2 cm³/mol. The van der Waals surface area contributed by atoms with E-state index in [1.165, 1.54) is 0 Å². The summed E-state index contributed by atoms with van der Waals surface area (Å²) in [7, 11) is 0. The van der Waals surface area contributed by atoms with Crippen molar-refractivity contribution >= 4 is 52.3 Å². The van der Waals surface area contributed by atoms with E-state index in [2.05, 4.69) is 13.8 Å². The molecule has 52 valence electrons. The summed E-state index contributed by atoms with van der Waals surface area (Å²) >= 11 is 0. The van der Waals surface area contributed by atoms with Crippen molar-refractivity contribution in [2.45, 2.75) is 13.8 Å². The van der Waals surface area contributed by atoms with Crippen LogP contribution in [0.4, 0.5) is 4.79 Å². The van der Waals surface area contributed by atoms with Gasteiger partial charge in [0.05, 0.1) is 0 Å². The molecule has 0 aliphatic carbocycles. The van der Waals surface area contributed by atoms with Crippen molar-refractivity contribution in [2.24, 2.45) is 0 Å². The van der Waals surface area contributed by atoms with Gasteiger partial charge in [-0.1, -0.05) is 0 Å². The Kier molecular flexibility index (Phi) is 162. The molecule has 0 aliphatic rings. The van der Waals surface area contributed by atoms with Crippen LogP contribution in [-0.4, -0.2) is 62.5 Å². The van der Waals surface area contributed by atoms with Crippen LogP contribution in [0.2, 0.25) is 0 Å². The van der Waals surface area contributed by atoms with Gasteiger partial charge in [0.25, 0.3) is 0 Å². The van der Waals surface area contributed by atoms with Gasteiger partial charge in [0.2, 0.25) is 0 Å². The van der Waals surface area contributed by atoms with Crippen LogP contribution in [-0.2, 0) is 0 Å². The van der Waals surface area contributed by atoms with Gasteiger partial charge < -0.3 is 24.1 Å². The number of carbonyl (C=O) groups is 1. The minimum Gasteiger partial charge on any atom is -0.450 e.